The number of benzene rings is 2. The van der Waals surface area contributed by atoms with Crippen molar-refractivity contribution in [3.63, 3.8) is 0 Å². The van der Waals surface area contributed by atoms with E-state index >= 15 is 0 Å². The Kier molecular flexibility index (Phi) is 4.66. The van der Waals surface area contributed by atoms with Crippen LogP contribution in [0.3, 0.4) is 0 Å². The summed E-state index contributed by atoms with van der Waals surface area (Å²) in [6, 6.07) is 16.0. The third-order valence-electron chi connectivity index (χ3n) is 4.09. The Hall–Kier alpha value is -1.56. The van der Waals surface area contributed by atoms with E-state index < -0.39 is 0 Å². The van der Waals surface area contributed by atoms with Crippen LogP contribution in [0.2, 0.25) is 0 Å². The topological polar surface area (TPSA) is 29.5 Å². The van der Waals surface area contributed by atoms with Crippen molar-refractivity contribution in [1.82, 2.24) is 4.90 Å². The van der Waals surface area contributed by atoms with Crippen molar-refractivity contribution < 1.29 is 9.53 Å². The van der Waals surface area contributed by atoms with E-state index in [-0.39, 0.29) is 11.9 Å². The zero-order valence-electron chi connectivity index (χ0n) is 12.5. The maximum Gasteiger partial charge on any atom is 0.254 e. The van der Waals surface area contributed by atoms with E-state index in [4.69, 9.17) is 4.74 Å². The number of likely N-dealkylation sites (tertiary alicyclic amines) is 1. The minimum atomic E-state index is 0.122. The molecular weight excluding hydrogens is 389 g/mol. The van der Waals surface area contributed by atoms with Gasteiger partial charge in [0, 0.05) is 15.7 Å². The molecule has 1 atom stereocenters. The highest BCUT2D eigenvalue weighted by atomic mass is 127. The van der Waals surface area contributed by atoms with Crippen LogP contribution in [-0.4, -0.2) is 24.5 Å². The lowest BCUT2D eigenvalue weighted by Crippen LogP contribution is -2.30. The van der Waals surface area contributed by atoms with E-state index in [0.29, 0.717) is 0 Å². The van der Waals surface area contributed by atoms with Crippen LogP contribution in [-0.2, 0) is 0 Å². The molecule has 0 radical (unpaired) electrons. The van der Waals surface area contributed by atoms with Crippen molar-refractivity contribution in [2.75, 3.05) is 13.7 Å². The number of rotatable bonds is 3. The molecule has 4 heteroatoms. The van der Waals surface area contributed by atoms with Crippen molar-refractivity contribution in [2.24, 2.45) is 0 Å². The molecule has 0 bridgehead atoms. The average Bonchev–Trinajstić information content (AvgIpc) is 3.04. The molecule has 1 saturated heterocycles. The van der Waals surface area contributed by atoms with Gasteiger partial charge in [0.25, 0.3) is 5.91 Å². The predicted octanol–water partition coefficient (Wildman–Crippen LogP) is 4.28. The number of methoxy groups -OCH3 is 1. The first-order chi connectivity index (χ1) is 10.7. The molecule has 0 N–H and O–H groups in total. The Morgan fingerprint density at radius 1 is 1.23 bits per heavy atom. The number of carbonyl (C=O) groups is 1. The van der Waals surface area contributed by atoms with Gasteiger partial charge in [-0.15, -0.1) is 0 Å². The van der Waals surface area contributed by atoms with Crippen molar-refractivity contribution >= 4 is 28.5 Å². The maximum atomic E-state index is 12.8. The zero-order valence-corrected chi connectivity index (χ0v) is 14.6. The second kappa shape index (κ2) is 6.69. The van der Waals surface area contributed by atoms with Crippen LogP contribution in [0.15, 0.2) is 48.5 Å². The summed E-state index contributed by atoms with van der Waals surface area (Å²) in [4.78, 5) is 14.8. The molecule has 1 aliphatic rings. The van der Waals surface area contributed by atoms with E-state index in [1.807, 2.05) is 41.3 Å². The third kappa shape index (κ3) is 3.11. The summed E-state index contributed by atoms with van der Waals surface area (Å²) in [5.41, 5.74) is 1.95. The largest absolute Gasteiger partial charge is 0.497 e. The van der Waals surface area contributed by atoms with Gasteiger partial charge in [0.15, 0.2) is 0 Å². The number of carbonyl (C=O) groups excluding carboxylic acids is 1. The van der Waals surface area contributed by atoms with Crippen molar-refractivity contribution in [3.8, 4) is 5.75 Å². The molecule has 0 spiro atoms. The molecule has 0 saturated carbocycles. The summed E-state index contributed by atoms with van der Waals surface area (Å²) < 4.78 is 6.29. The second-order valence-corrected chi connectivity index (χ2v) is 6.69. The number of ether oxygens (including phenoxy) is 1. The van der Waals surface area contributed by atoms with Gasteiger partial charge in [-0.25, -0.2) is 0 Å². The summed E-state index contributed by atoms with van der Waals surface area (Å²) in [7, 11) is 1.66. The Morgan fingerprint density at radius 3 is 2.68 bits per heavy atom. The molecule has 1 heterocycles. The highest BCUT2D eigenvalue weighted by Gasteiger charge is 2.30. The van der Waals surface area contributed by atoms with Gasteiger partial charge in [0.05, 0.1) is 13.2 Å². The molecule has 1 fully saturated rings. The van der Waals surface area contributed by atoms with Crippen molar-refractivity contribution in [3.05, 3.63) is 63.2 Å². The van der Waals surface area contributed by atoms with Gasteiger partial charge in [-0.1, -0.05) is 18.2 Å². The Balaban J connectivity index is 1.84. The van der Waals surface area contributed by atoms with Gasteiger partial charge >= 0.3 is 0 Å². The molecule has 114 valence electrons. The highest BCUT2D eigenvalue weighted by Crippen LogP contribution is 2.34. The number of hydrogen-bond donors (Lipinski definition) is 0. The van der Waals surface area contributed by atoms with E-state index in [1.165, 1.54) is 5.56 Å². The molecule has 3 nitrogen and oxygen atoms in total. The first kappa shape index (κ1) is 15.3. The predicted molar refractivity (Wildman–Crippen MR) is 95.2 cm³/mol. The third-order valence-corrected chi connectivity index (χ3v) is 4.76. The van der Waals surface area contributed by atoms with Crippen molar-refractivity contribution in [2.45, 2.75) is 18.9 Å². The number of nitrogens with zero attached hydrogens (tertiary/aromatic N) is 1. The van der Waals surface area contributed by atoms with Gasteiger partial charge in [0.1, 0.15) is 5.75 Å². The highest BCUT2D eigenvalue weighted by molar-refractivity contribution is 14.1. The second-order valence-electron chi connectivity index (χ2n) is 5.44. The van der Waals surface area contributed by atoms with E-state index in [9.17, 15) is 4.79 Å². The van der Waals surface area contributed by atoms with E-state index in [0.717, 1.165) is 34.3 Å². The van der Waals surface area contributed by atoms with Crippen LogP contribution < -0.4 is 4.74 Å². The number of halogens is 1. The summed E-state index contributed by atoms with van der Waals surface area (Å²) in [6.07, 6.45) is 2.06. The average molecular weight is 407 g/mol. The van der Waals surface area contributed by atoms with Crippen LogP contribution >= 0.6 is 22.6 Å². The van der Waals surface area contributed by atoms with Gasteiger partial charge in [-0.3, -0.25) is 4.79 Å². The van der Waals surface area contributed by atoms with Crippen LogP contribution in [0.5, 0.6) is 5.75 Å². The van der Waals surface area contributed by atoms with Gasteiger partial charge in [0.2, 0.25) is 0 Å². The first-order valence-electron chi connectivity index (χ1n) is 7.39. The molecule has 0 aromatic heterocycles. The molecule has 2 aromatic rings. The quantitative estimate of drug-likeness (QED) is 0.712. The fourth-order valence-corrected chi connectivity index (χ4v) is 3.51. The molecule has 3 rings (SSSR count). The van der Waals surface area contributed by atoms with Crippen LogP contribution in [0.4, 0.5) is 0 Å². The summed E-state index contributed by atoms with van der Waals surface area (Å²) in [5.74, 6) is 0.967. The molecular formula is C18H18INO2. The standard InChI is InChI=1S/C18H18INO2/c1-22-16-9-7-13(8-10-16)17-6-3-11-20(17)18(21)14-4-2-5-15(19)12-14/h2,4-5,7-10,12,17H,3,6,11H2,1H3. The van der Waals surface area contributed by atoms with Crippen LogP contribution in [0.1, 0.15) is 34.8 Å². The van der Waals surface area contributed by atoms with Crippen LogP contribution in [0.25, 0.3) is 0 Å². The number of amides is 1. The first-order valence-corrected chi connectivity index (χ1v) is 8.47. The van der Waals surface area contributed by atoms with Gasteiger partial charge < -0.3 is 9.64 Å². The minimum absolute atomic E-state index is 0.122. The normalized spacial score (nSPS) is 17.5. The lowest BCUT2D eigenvalue weighted by molar-refractivity contribution is 0.0735. The molecule has 1 unspecified atom stereocenters. The van der Waals surface area contributed by atoms with Crippen molar-refractivity contribution in [1.29, 1.82) is 0 Å². The lowest BCUT2D eigenvalue weighted by atomic mass is 10.0. The summed E-state index contributed by atoms with van der Waals surface area (Å²) in [5, 5.41) is 0. The van der Waals surface area contributed by atoms with Crippen LogP contribution in [0, 0.1) is 3.57 Å². The molecule has 1 aliphatic heterocycles. The van der Waals surface area contributed by atoms with E-state index in [1.54, 1.807) is 7.11 Å². The molecule has 0 aliphatic carbocycles. The Labute approximate surface area is 144 Å². The minimum Gasteiger partial charge on any atom is -0.497 e. The summed E-state index contributed by atoms with van der Waals surface area (Å²) >= 11 is 2.24. The fourth-order valence-electron chi connectivity index (χ4n) is 2.97. The van der Waals surface area contributed by atoms with Gasteiger partial charge in [-0.05, 0) is 71.3 Å². The fraction of sp³-hybridized carbons (Fsp3) is 0.278. The zero-order chi connectivity index (χ0) is 15.5. The smallest absolute Gasteiger partial charge is 0.254 e. The molecule has 2 aromatic carbocycles. The summed E-state index contributed by atoms with van der Waals surface area (Å²) in [6.45, 7) is 0.820. The lowest BCUT2D eigenvalue weighted by Gasteiger charge is -2.25. The molecule has 1 amide bonds. The SMILES string of the molecule is COc1ccc(C2CCCN2C(=O)c2cccc(I)c2)cc1. The monoisotopic (exact) mass is 407 g/mol. The maximum absolute atomic E-state index is 12.8. The van der Waals surface area contributed by atoms with Gasteiger partial charge in [-0.2, -0.15) is 0 Å². The number of hydrogen-bond acceptors (Lipinski definition) is 2. The van der Waals surface area contributed by atoms with E-state index in [2.05, 4.69) is 34.7 Å². The Bertz CT molecular complexity index is 669. The Morgan fingerprint density at radius 2 is 2.00 bits per heavy atom. The molecule has 22 heavy (non-hydrogen) atoms.